The maximum atomic E-state index is 13.3. The van der Waals surface area contributed by atoms with E-state index in [-0.39, 0.29) is 12.0 Å². The monoisotopic (exact) mass is 587 g/mol. The number of hydrogen-bond acceptors (Lipinski definition) is 5. The van der Waals surface area contributed by atoms with E-state index in [4.69, 9.17) is 4.74 Å². The number of amides is 1. The molecule has 7 heteroatoms. The van der Waals surface area contributed by atoms with Crippen molar-refractivity contribution in [2.75, 3.05) is 11.5 Å². The number of carbonyl (C=O) groups excluding carboxylic acids is 1. The van der Waals surface area contributed by atoms with Gasteiger partial charge in [-0.25, -0.2) is 4.79 Å². The van der Waals surface area contributed by atoms with Crippen molar-refractivity contribution in [2.24, 2.45) is 0 Å². The second-order valence-corrected chi connectivity index (χ2v) is 12.3. The van der Waals surface area contributed by atoms with Crippen LogP contribution in [-0.4, -0.2) is 34.5 Å². The Morgan fingerprint density at radius 2 is 1.71 bits per heavy atom. The molecule has 0 fully saturated rings. The number of ether oxygens (including phenoxy) is 1. The van der Waals surface area contributed by atoms with Crippen LogP contribution in [0.5, 0.6) is 0 Å². The van der Waals surface area contributed by atoms with Crippen LogP contribution in [0.25, 0.3) is 21.6 Å². The van der Waals surface area contributed by atoms with E-state index in [0.29, 0.717) is 25.0 Å². The third kappa shape index (κ3) is 8.09. The molecule has 4 aromatic rings. The van der Waals surface area contributed by atoms with E-state index in [2.05, 4.69) is 48.6 Å². The summed E-state index contributed by atoms with van der Waals surface area (Å²) < 4.78 is 6.53. The van der Waals surface area contributed by atoms with Gasteiger partial charge in [0.15, 0.2) is 0 Å². The van der Waals surface area contributed by atoms with Gasteiger partial charge in [0, 0.05) is 21.1 Å². The molecule has 0 saturated carbocycles. The molecule has 1 amide bonds. The standard InChI is InChI=1S/C34H37NO4S2/c1-4-11-29(34(37)38)35-33(36)27-17-16-24(20-28(27)26-15-10-9-12-23(26)3)21-39-30(22-40-5-2)32-19-18-31(41-32)25-13-7-6-8-14-25/h6-10,12-20,29-30H,4-5,11,21-22H2,1-3H3,(H,35,36)(H,37,38)/t29-,30-/m0/s1. The molecular formula is C34H37NO4S2. The number of carboxylic acid groups (broad SMARTS) is 1. The predicted molar refractivity (Wildman–Crippen MR) is 171 cm³/mol. The van der Waals surface area contributed by atoms with Crippen LogP contribution in [0.15, 0.2) is 84.9 Å². The van der Waals surface area contributed by atoms with E-state index in [1.807, 2.05) is 68.1 Å². The van der Waals surface area contributed by atoms with E-state index in [1.54, 1.807) is 17.4 Å². The van der Waals surface area contributed by atoms with Gasteiger partial charge in [-0.1, -0.05) is 80.9 Å². The molecule has 2 N–H and O–H groups in total. The highest BCUT2D eigenvalue weighted by Crippen LogP contribution is 2.35. The molecule has 1 aromatic heterocycles. The number of aryl methyl sites for hydroxylation is 1. The van der Waals surface area contributed by atoms with Gasteiger partial charge in [0.25, 0.3) is 5.91 Å². The molecule has 4 rings (SSSR count). The van der Waals surface area contributed by atoms with Crippen LogP contribution in [-0.2, 0) is 16.1 Å². The zero-order chi connectivity index (χ0) is 29.2. The fourth-order valence-electron chi connectivity index (χ4n) is 4.68. The summed E-state index contributed by atoms with van der Waals surface area (Å²) in [6.07, 6.45) is 0.975. The minimum Gasteiger partial charge on any atom is -0.480 e. The third-order valence-electron chi connectivity index (χ3n) is 6.87. The van der Waals surface area contributed by atoms with Crippen LogP contribution in [0.2, 0.25) is 0 Å². The van der Waals surface area contributed by atoms with Gasteiger partial charge in [-0.05, 0) is 71.2 Å². The summed E-state index contributed by atoms with van der Waals surface area (Å²) in [4.78, 5) is 27.5. The van der Waals surface area contributed by atoms with Gasteiger partial charge in [0.05, 0.1) is 6.61 Å². The van der Waals surface area contributed by atoms with Crippen molar-refractivity contribution in [3.63, 3.8) is 0 Å². The molecule has 0 aliphatic heterocycles. The Labute approximate surface area is 251 Å². The Hall–Kier alpha value is -3.39. The summed E-state index contributed by atoms with van der Waals surface area (Å²) in [6, 6.07) is 27.4. The van der Waals surface area contributed by atoms with Crippen molar-refractivity contribution in [1.29, 1.82) is 0 Å². The molecule has 0 aliphatic rings. The summed E-state index contributed by atoms with van der Waals surface area (Å²) in [7, 11) is 0. The van der Waals surface area contributed by atoms with E-state index in [0.717, 1.165) is 33.8 Å². The molecule has 1 heterocycles. The van der Waals surface area contributed by atoms with E-state index >= 15 is 0 Å². The Bertz CT molecular complexity index is 1450. The molecule has 2 atom stereocenters. The van der Waals surface area contributed by atoms with Gasteiger partial charge >= 0.3 is 5.97 Å². The summed E-state index contributed by atoms with van der Waals surface area (Å²) in [5.74, 6) is 0.445. The Balaban J connectivity index is 1.60. The number of carbonyl (C=O) groups is 2. The average Bonchev–Trinajstić information content (AvgIpc) is 3.48. The highest BCUT2D eigenvalue weighted by atomic mass is 32.2. The lowest BCUT2D eigenvalue weighted by molar-refractivity contribution is -0.139. The number of aliphatic carboxylic acids is 1. The van der Waals surface area contributed by atoms with Crippen LogP contribution in [0.4, 0.5) is 0 Å². The Morgan fingerprint density at radius 3 is 2.41 bits per heavy atom. The number of carboxylic acids is 1. The van der Waals surface area contributed by atoms with Crippen molar-refractivity contribution < 1.29 is 19.4 Å². The number of nitrogens with one attached hydrogen (secondary N) is 1. The van der Waals surface area contributed by atoms with Crippen LogP contribution in [0.3, 0.4) is 0 Å². The fourth-order valence-corrected chi connectivity index (χ4v) is 6.57. The number of hydrogen-bond donors (Lipinski definition) is 2. The molecular weight excluding hydrogens is 551 g/mol. The zero-order valence-electron chi connectivity index (χ0n) is 23.8. The van der Waals surface area contributed by atoms with Crippen molar-refractivity contribution in [3.8, 4) is 21.6 Å². The second-order valence-electron chi connectivity index (χ2n) is 9.87. The van der Waals surface area contributed by atoms with Gasteiger partial charge in [-0.2, -0.15) is 11.8 Å². The zero-order valence-corrected chi connectivity index (χ0v) is 25.4. The van der Waals surface area contributed by atoms with Gasteiger partial charge in [0.1, 0.15) is 12.1 Å². The quantitative estimate of drug-likeness (QED) is 0.155. The largest absolute Gasteiger partial charge is 0.480 e. The molecule has 0 spiro atoms. The molecule has 214 valence electrons. The van der Waals surface area contributed by atoms with Crippen molar-refractivity contribution in [1.82, 2.24) is 5.32 Å². The summed E-state index contributed by atoms with van der Waals surface area (Å²) >= 11 is 3.61. The molecule has 5 nitrogen and oxygen atoms in total. The molecule has 3 aromatic carbocycles. The minimum absolute atomic E-state index is 0.0577. The first-order chi connectivity index (χ1) is 19.9. The lowest BCUT2D eigenvalue weighted by Crippen LogP contribution is -2.40. The van der Waals surface area contributed by atoms with Crippen LogP contribution in [0.1, 0.15) is 59.2 Å². The molecule has 0 radical (unpaired) electrons. The summed E-state index contributed by atoms with van der Waals surface area (Å²) in [6.45, 7) is 6.46. The summed E-state index contributed by atoms with van der Waals surface area (Å²) in [5.41, 5.74) is 5.34. The molecule has 0 saturated heterocycles. The number of rotatable bonds is 14. The lowest BCUT2D eigenvalue weighted by Gasteiger charge is -2.19. The van der Waals surface area contributed by atoms with Gasteiger partial charge in [-0.15, -0.1) is 11.3 Å². The molecule has 41 heavy (non-hydrogen) atoms. The fraction of sp³-hybridized carbons (Fsp3) is 0.294. The second kappa shape index (κ2) is 15.0. The minimum atomic E-state index is -1.03. The first-order valence-corrected chi connectivity index (χ1v) is 16.0. The molecule has 0 aliphatic carbocycles. The van der Waals surface area contributed by atoms with Crippen molar-refractivity contribution >= 4 is 35.0 Å². The molecule has 0 bridgehead atoms. The maximum Gasteiger partial charge on any atom is 0.326 e. The third-order valence-corrected chi connectivity index (χ3v) is 9.04. The van der Waals surface area contributed by atoms with Crippen LogP contribution < -0.4 is 5.32 Å². The van der Waals surface area contributed by atoms with Gasteiger partial charge in [-0.3, -0.25) is 4.79 Å². The van der Waals surface area contributed by atoms with Crippen molar-refractivity contribution in [2.45, 2.75) is 52.4 Å². The SMILES string of the molecule is CCC[C@H](NC(=O)c1ccc(CO[C@@H](CSCC)c2ccc(-c3ccccc3)s2)cc1-c1ccccc1C)C(=O)O. The van der Waals surface area contributed by atoms with Crippen LogP contribution in [0, 0.1) is 6.92 Å². The predicted octanol–water partition coefficient (Wildman–Crippen LogP) is 8.38. The maximum absolute atomic E-state index is 13.3. The first kappa shape index (κ1) is 30.6. The highest BCUT2D eigenvalue weighted by molar-refractivity contribution is 7.99. The lowest BCUT2D eigenvalue weighted by atomic mass is 9.93. The normalized spacial score (nSPS) is 12.6. The number of benzene rings is 3. The van der Waals surface area contributed by atoms with Gasteiger partial charge < -0.3 is 15.2 Å². The molecule has 0 unspecified atom stereocenters. The van der Waals surface area contributed by atoms with Crippen LogP contribution >= 0.6 is 23.1 Å². The smallest absolute Gasteiger partial charge is 0.326 e. The number of thiophene rings is 1. The first-order valence-electron chi connectivity index (χ1n) is 14.0. The number of thioether (sulfide) groups is 1. The highest BCUT2D eigenvalue weighted by Gasteiger charge is 2.23. The van der Waals surface area contributed by atoms with E-state index in [1.165, 1.54) is 15.3 Å². The topological polar surface area (TPSA) is 75.6 Å². The van der Waals surface area contributed by atoms with Crippen molar-refractivity contribution in [3.05, 3.63) is 106 Å². The van der Waals surface area contributed by atoms with Gasteiger partial charge in [0.2, 0.25) is 0 Å². The van der Waals surface area contributed by atoms with E-state index in [9.17, 15) is 14.7 Å². The Kier molecular flexibility index (Phi) is 11.2. The Morgan fingerprint density at radius 1 is 0.951 bits per heavy atom. The summed E-state index contributed by atoms with van der Waals surface area (Å²) in [5, 5.41) is 12.3. The average molecular weight is 588 g/mol. The van der Waals surface area contributed by atoms with E-state index < -0.39 is 12.0 Å².